The molecule has 0 aliphatic heterocycles. The summed E-state index contributed by atoms with van der Waals surface area (Å²) in [5.74, 6) is 0.162. The molecule has 0 radical (unpaired) electrons. The van der Waals surface area contributed by atoms with E-state index in [1.165, 1.54) is 6.42 Å². The monoisotopic (exact) mass is 232 g/mol. The molecule has 0 spiro atoms. The zero-order valence-corrected chi connectivity index (χ0v) is 10.4. The molecule has 1 heterocycles. The summed E-state index contributed by atoms with van der Waals surface area (Å²) in [6.45, 7) is 2.76. The molecule has 0 unspecified atom stereocenters. The summed E-state index contributed by atoms with van der Waals surface area (Å²) >= 11 is 0. The van der Waals surface area contributed by atoms with E-state index in [2.05, 4.69) is 16.4 Å². The maximum absolute atomic E-state index is 11.5. The molecule has 1 N–H and O–H groups in total. The second-order valence-electron chi connectivity index (χ2n) is 4.88. The van der Waals surface area contributed by atoms with Crippen molar-refractivity contribution in [2.75, 3.05) is 6.54 Å². The van der Waals surface area contributed by atoms with Crippen molar-refractivity contribution in [3.8, 4) is 0 Å². The van der Waals surface area contributed by atoms with Crippen LogP contribution in [-0.2, 0) is 10.2 Å². The number of amides is 1. The van der Waals surface area contributed by atoms with Crippen LogP contribution in [0, 0.1) is 0 Å². The molecule has 1 aromatic rings. The molecule has 17 heavy (non-hydrogen) atoms. The Morgan fingerprint density at radius 3 is 2.82 bits per heavy atom. The Labute approximate surface area is 103 Å². The molecule has 0 bridgehead atoms. The fraction of sp³-hybridized carbons (Fsp3) is 0.571. The Kier molecular flexibility index (Phi) is 3.77. The highest BCUT2D eigenvalue weighted by Crippen LogP contribution is 2.42. The third-order valence-corrected chi connectivity index (χ3v) is 3.62. The van der Waals surface area contributed by atoms with Gasteiger partial charge < -0.3 is 5.32 Å². The van der Waals surface area contributed by atoms with Crippen molar-refractivity contribution in [3.63, 3.8) is 0 Å². The summed E-state index contributed by atoms with van der Waals surface area (Å²) in [6, 6.07) is 6.03. The van der Waals surface area contributed by atoms with Gasteiger partial charge in [-0.3, -0.25) is 9.78 Å². The van der Waals surface area contributed by atoms with E-state index < -0.39 is 0 Å². The van der Waals surface area contributed by atoms with E-state index in [4.69, 9.17) is 0 Å². The highest BCUT2D eigenvalue weighted by atomic mass is 16.1. The number of carbonyl (C=O) groups is 1. The number of pyridine rings is 1. The quantitative estimate of drug-likeness (QED) is 0.847. The van der Waals surface area contributed by atoms with Crippen LogP contribution in [0.15, 0.2) is 24.4 Å². The SMILES string of the molecule is CCCC(=O)NCC1(c2ccccn2)CCC1. The zero-order chi connectivity index (χ0) is 12.1. The second-order valence-corrected chi connectivity index (χ2v) is 4.88. The van der Waals surface area contributed by atoms with E-state index in [-0.39, 0.29) is 11.3 Å². The van der Waals surface area contributed by atoms with E-state index in [0.29, 0.717) is 6.42 Å². The normalized spacial score (nSPS) is 17.2. The average Bonchev–Trinajstić information content (AvgIpc) is 2.29. The van der Waals surface area contributed by atoms with Crippen molar-refractivity contribution in [1.29, 1.82) is 0 Å². The lowest BCUT2D eigenvalue weighted by Crippen LogP contribution is -2.46. The van der Waals surface area contributed by atoms with E-state index in [1.54, 1.807) is 0 Å². The first-order chi connectivity index (χ1) is 8.27. The van der Waals surface area contributed by atoms with Gasteiger partial charge in [-0.05, 0) is 31.4 Å². The van der Waals surface area contributed by atoms with Crippen molar-refractivity contribution in [2.24, 2.45) is 0 Å². The van der Waals surface area contributed by atoms with Crippen molar-refractivity contribution >= 4 is 5.91 Å². The summed E-state index contributed by atoms with van der Waals surface area (Å²) in [6.07, 6.45) is 6.87. The molecule has 1 aromatic heterocycles. The lowest BCUT2D eigenvalue weighted by atomic mass is 9.66. The molecule has 0 saturated heterocycles. The van der Waals surface area contributed by atoms with Crippen LogP contribution in [-0.4, -0.2) is 17.4 Å². The molecular weight excluding hydrogens is 212 g/mol. The van der Waals surface area contributed by atoms with E-state index in [1.807, 2.05) is 25.3 Å². The maximum Gasteiger partial charge on any atom is 0.220 e. The van der Waals surface area contributed by atoms with Gasteiger partial charge in [0.2, 0.25) is 5.91 Å². The van der Waals surface area contributed by atoms with Crippen LogP contribution in [0.2, 0.25) is 0 Å². The Balaban J connectivity index is 1.99. The van der Waals surface area contributed by atoms with Gasteiger partial charge in [0.25, 0.3) is 0 Å². The van der Waals surface area contributed by atoms with Crippen LogP contribution in [0.5, 0.6) is 0 Å². The van der Waals surface area contributed by atoms with Crippen molar-refractivity contribution < 1.29 is 4.79 Å². The number of nitrogens with zero attached hydrogens (tertiary/aromatic N) is 1. The van der Waals surface area contributed by atoms with Gasteiger partial charge in [-0.25, -0.2) is 0 Å². The van der Waals surface area contributed by atoms with Gasteiger partial charge in [0, 0.05) is 30.3 Å². The van der Waals surface area contributed by atoms with Gasteiger partial charge in [-0.2, -0.15) is 0 Å². The second kappa shape index (κ2) is 5.30. The van der Waals surface area contributed by atoms with Crippen LogP contribution in [0.4, 0.5) is 0 Å². The summed E-state index contributed by atoms with van der Waals surface area (Å²) in [5.41, 5.74) is 1.23. The molecule has 1 saturated carbocycles. The van der Waals surface area contributed by atoms with Crippen LogP contribution in [0.25, 0.3) is 0 Å². The minimum atomic E-state index is 0.102. The minimum absolute atomic E-state index is 0.102. The first-order valence-corrected chi connectivity index (χ1v) is 6.45. The van der Waals surface area contributed by atoms with Gasteiger partial charge in [-0.15, -0.1) is 0 Å². The van der Waals surface area contributed by atoms with E-state index in [0.717, 1.165) is 31.5 Å². The van der Waals surface area contributed by atoms with E-state index in [9.17, 15) is 4.79 Å². The van der Waals surface area contributed by atoms with E-state index >= 15 is 0 Å². The van der Waals surface area contributed by atoms with Crippen LogP contribution in [0.3, 0.4) is 0 Å². The minimum Gasteiger partial charge on any atom is -0.355 e. The third-order valence-electron chi connectivity index (χ3n) is 3.62. The van der Waals surface area contributed by atoms with Crippen molar-refractivity contribution in [2.45, 2.75) is 44.4 Å². The Bertz CT molecular complexity index is 371. The summed E-state index contributed by atoms with van der Waals surface area (Å²) in [7, 11) is 0. The van der Waals surface area contributed by atoms with Gasteiger partial charge in [-0.1, -0.05) is 19.4 Å². The van der Waals surface area contributed by atoms with Gasteiger partial charge in [0.15, 0.2) is 0 Å². The summed E-state index contributed by atoms with van der Waals surface area (Å²) in [4.78, 5) is 16.0. The molecule has 0 aromatic carbocycles. The fourth-order valence-electron chi connectivity index (χ4n) is 2.39. The number of nitrogens with one attached hydrogen (secondary N) is 1. The molecule has 1 fully saturated rings. The Hall–Kier alpha value is -1.38. The molecular formula is C14H20N2O. The van der Waals surface area contributed by atoms with Gasteiger partial charge in [0.1, 0.15) is 0 Å². The smallest absolute Gasteiger partial charge is 0.220 e. The standard InChI is InChI=1S/C14H20N2O/c1-2-6-13(17)16-11-14(8-5-9-14)12-7-3-4-10-15-12/h3-4,7,10H,2,5-6,8-9,11H2,1H3,(H,16,17). The Morgan fingerprint density at radius 1 is 1.47 bits per heavy atom. The molecule has 3 nitrogen and oxygen atoms in total. The first-order valence-electron chi connectivity index (χ1n) is 6.45. The summed E-state index contributed by atoms with van der Waals surface area (Å²) < 4.78 is 0. The van der Waals surface area contributed by atoms with Crippen molar-refractivity contribution in [3.05, 3.63) is 30.1 Å². The molecule has 0 atom stereocenters. The van der Waals surface area contributed by atoms with Crippen LogP contribution < -0.4 is 5.32 Å². The number of carbonyl (C=O) groups excluding carboxylic acids is 1. The molecule has 1 aliphatic rings. The van der Waals surface area contributed by atoms with Crippen LogP contribution in [0.1, 0.15) is 44.7 Å². The third kappa shape index (κ3) is 2.65. The lowest BCUT2D eigenvalue weighted by Gasteiger charge is -2.41. The largest absolute Gasteiger partial charge is 0.355 e. The zero-order valence-electron chi connectivity index (χ0n) is 10.4. The molecule has 2 rings (SSSR count). The lowest BCUT2D eigenvalue weighted by molar-refractivity contribution is -0.121. The fourth-order valence-corrected chi connectivity index (χ4v) is 2.39. The highest BCUT2D eigenvalue weighted by molar-refractivity contribution is 5.75. The number of aromatic nitrogens is 1. The highest BCUT2D eigenvalue weighted by Gasteiger charge is 2.39. The first kappa shape index (κ1) is 12.1. The molecule has 3 heteroatoms. The summed E-state index contributed by atoms with van der Waals surface area (Å²) in [5, 5.41) is 3.05. The van der Waals surface area contributed by atoms with Gasteiger partial charge in [0.05, 0.1) is 0 Å². The predicted octanol–water partition coefficient (Wildman–Crippen LogP) is 2.42. The number of hydrogen-bond acceptors (Lipinski definition) is 2. The number of hydrogen-bond donors (Lipinski definition) is 1. The van der Waals surface area contributed by atoms with Gasteiger partial charge >= 0.3 is 0 Å². The molecule has 1 aliphatic carbocycles. The Morgan fingerprint density at radius 2 is 2.29 bits per heavy atom. The maximum atomic E-state index is 11.5. The molecule has 92 valence electrons. The van der Waals surface area contributed by atoms with Crippen molar-refractivity contribution in [1.82, 2.24) is 10.3 Å². The molecule has 1 amide bonds. The predicted molar refractivity (Wildman–Crippen MR) is 67.7 cm³/mol. The van der Waals surface area contributed by atoms with Crippen LogP contribution >= 0.6 is 0 Å². The topological polar surface area (TPSA) is 42.0 Å². The number of rotatable bonds is 5. The average molecular weight is 232 g/mol.